The van der Waals surface area contributed by atoms with Crippen molar-refractivity contribution < 1.29 is 13.7 Å². The van der Waals surface area contributed by atoms with Crippen molar-refractivity contribution in [1.29, 1.82) is 0 Å². The molecule has 3 atom stereocenters. The van der Waals surface area contributed by atoms with Crippen LogP contribution in [0, 0.1) is 0 Å². The quantitative estimate of drug-likeness (QED) is 0.897. The minimum Gasteiger partial charge on any atom is -0.486 e. The van der Waals surface area contributed by atoms with Gasteiger partial charge in [-0.05, 0) is 32.5 Å². The van der Waals surface area contributed by atoms with Crippen LogP contribution < -0.4 is 14.8 Å². The molecular formula is C14H21NO3S. The Kier molecular flexibility index (Phi) is 4.82. The van der Waals surface area contributed by atoms with Crippen molar-refractivity contribution in [2.24, 2.45) is 0 Å². The number of fused-ring (bicyclic) bond motifs is 1. The zero-order valence-electron chi connectivity index (χ0n) is 11.6. The van der Waals surface area contributed by atoms with Gasteiger partial charge in [-0.1, -0.05) is 6.92 Å². The van der Waals surface area contributed by atoms with E-state index in [9.17, 15) is 4.21 Å². The lowest BCUT2D eigenvalue weighted by atomic mass is 10.2. The number of hydrogen-bond donors (Lipinski definition) is 1. The maximum atomic E-state index is 12.6. The summed E-state index contributed by atoms with van der Waals surface area (Å²) in [5.41, 5.74) is 0. The molecule has 0 aliphatic carbocycles. The van der Waals surface area contributed by atoms with E-state index in [2.05, 4.69) is 12.2 Å². The van der Waals surface area contributed by atoms with Gasteiger partial charge in [0.25, 0.3) is 0 Å². The van der Waals surface area contributed by atoms with Crippen LogP contribution in [0.1, 0.15) is 20.3 Å². The predicted octanol–water partition coefficient (Wildman–Crippen LogP) is 1.95. The molecule has 0 saturated heterocycles. The van der Waals surface area contributed by atoms with Crippen LogP contribution in [0.3, 0.4) is 0 Å². The third-order valence-electron chi connectivity index (χ3n) is 3.46. The van der Waals surface area contributed by atoms with E-state index in [1.807, 2.05) is 32.2 Å². The van der Waals surface area contributed by atoms with Crippen LogP contribution in [-0.2, 0) is 10.8 Å². The average molecular weight is 283 g/mol. The summed E-state index contributed by atoms with van der Waals surface area (Å²) in [6.45, 7) is 5.23. The van der Waals surface area contributed by atoms with Crippen molar-refractivity contribution in [3.63, 3.8) is 0 Å². The third-order valence-corrected chi connectivity index (χ3v) is 5.18. The Morgan fingerprint density at radius 1 is 1.32 bits per heavy atom. The maximum absolute atomic E-state index is 12.6. The molecule has 4 nitrogen and oxygen atoms in total. The molecule has 0 saturated carbocycles. The van der Waals surface area contributed by atoms with E-state index in [0.717, 1.165) is 17.1 Å². The third kappa shape index (κ3) is 3.09. The van der Waals surface area contributed by atoms with E-state index in [4.69, 9.17) is 9.47 Å². The van der Waals surface area contributed by atoms with Gasteiger partial charge in [-0.15, -0.1) is 0 Å². The summed E-state index contributed by atoms with van der Waals surface area (Å²) in [4.78, 5) is 0.797. The highest BCUT2D eigenvalue weighted by molar-refractivity contribution is 7.85. The van der Waals surface area contributed by atoms with Crippen LogP contribution >= 0.6 is 0 Å². The van der Waals surface area contributed by atoms with Gasteiger partial charge in [-0.25, -0.2) is 0 Å². The molecule has 1 aromatic carbocycles. The summed E-state index contributed by atoms with van der Waals surface area (Å²) in [5.74, 6) is 1.43. The van der Waals surface area contributed by atoms with E-state index in [0.29, 0.717) is 19.0 Å². The van der Waals surface area contributed by atoms with Gasteiger partial charge in [0.15, 0.2) is 11.5 Å². The second-order valence-electron chi connectivity index (χ2n) is 4.61. The topological polar surface area (TPSA) is 47.6 Å². The first kappa shape index (κ1) is 14.3. The zero-order chi connectivity index (χ0) is 13.8. The number of ether oxygens (including phenoxy) is 2. The Morgan fingerprint density at radius 3 is 2.63 bits per heavy atom. The van der Waals surface area contributed by atoms with E-state index in [1.54, 1.807) is 0 Å². The fourth-order valence-electron chi connectivity index (χ4n) is 2.28. The minimum atomic E-state index is -1.05. The molecule has 0 aromatic heterocycles. The van der Waals surface area contributed by atoms with Crippen LogP contribution in [0.2, 0.25) is 0 Å². The van der Waals surface area contributed by atoms with Gasteiger partial charge >= 0.3 is 0 Å². The van der Waals surface area contributed by atoms with Crippen molar-refractivity contribution in [3.8, 4) is 11.5 Å². The van der Waals surface area contributed by atoms with Crippen molar-refractivity contribution >= 4 is 10.8 Å². The summed E-state index contributed by atoms with van der Waals surface area (Å²) in [7, 11) is 0.854. The lowest BCUT2D eigenvalue weighted by Gasteiger charge is -2.23. The molecule has 106 valence electrons. The normalized spacial score (nSPS) is 18.7. The van der Waals surface area contributed by atoms with Crippen molar-refractivity contribution in [3.05, 3.63) is 18.2 Å². The molecule has 1 aliphatic rings. The van der Waals surface area contributed by atoms with Gasteiger partial charge in [-0.3, -0.25) is 4.21 Å². The average Bonchev–Trinajstić information content (AvgIpc) is 2.47. The second kappa shape index (κ2) is 6.39. The summed E-state index contributed by atoms with van der Waals surface area (Å²) in [5, 5.41) is 3.27. The summed E-state index contributed by atoms with van der Waals surface area (Å²) in [6.07, 6.45) is 0.952. The first-order valence-electron chi connectivity index (χ1n) is 6.64. The maximum Gasteiger partial charge on any atom is 0.162 e. The van der Waals surface area contributed by atoms with Crippen LogP contribution in [-0.4, -0.2) is 35.8 Å². The van der Waals surface area contributed by atoms with Gasteiger partial charge in [0.05, 0.1) is 16.0 Å². The van der Waals surface area contributed by atoms with Gasteiger partial charge < -0.3 is 14.8 Å². The molecule has 1 heterocycles. The molecule has 1 aromatic rings. The first-order chi connectivity index (χ1) is 9.17. The summed E-state index contributed by atoms with van der Waals surface area (Å²) in [6, 6.07) is 5.79. The lowest BCUT2D eigenvalue weighted by Crippen LogP contribution is -2.37. The fourth-order valence-corrected chi connectivity index (χ4v) is 3.77. The Balaban J connectivity index is 2.19. The molecule has 0 spiro atoms. The van der Waals surface area contributed by atoms with Crippen LogP contribution in [0.25, 0.3) is 0 Å². The second-order valence-corrected chi connectivity index (χ2v) is 6.42. The van der Waals surface area contributed by atoms with Crippen LogP contribution in [0.5, 0.6) is 11.5 Å². The molecule has 19 heavy (non-hydrogen) atoms. The summed E-state index contributed by atoms with van der Waals surface area (Å²) >= 11 is 0. The van der Waals surface area contributed by atoms with E-state index in [-0.39, 0.29) is 11.3 Å². The van der Waals surface area contributed by atoms with Crippen molar-refractivity contribution in [1.82, 2.24) is 5.32 Å². The van der Waals surface area contributed by atoms with Gasteiger partial charge in [0, 0.05) is 17.0 Å². The van der Waals surface area contributed by atoms with Crippen LogP contribution in [0.4, 0.5) is 0 Å². The molecule has 0 amide bonds. The molecule has 0 fully saturated rings. The predicted molar refractivity (Wildman–Crippen MR) is 76.4 cm³/mol. The first-order valence-corrected chi connectivity index (χ1v) is 7.86. The molecule has 1 aliphatic heterocycles. The monoisotopic (exact) mass is 283 g/mol. The van der Waals surface area contributed by atoms with Crippen LogP contribution in [0.15, 0.2) is 23.1 Å². The SMILES string of the molecule is CCC(NC)C(C)S(=O)c1ccc2c(c1)OCCO2. The Hall–Kier alpha value is -1.07. The molecule has 0 radical (unpaired) electrons. The number of benzene rings is 1. The highest BCUT2D eigenvalue weighted by Crippen LogP contribution is 2.32. The number of rotatable bonds is 5. The lowest BCUT2D eigenvalue weighted by molar-refractivity contribution is 0.171. The van der Waals surface area contributed by atoms with E-state index >= 15 is 0 Å². The van der Waals surface area contributed by atoms with Crippen molar-refractivity contribution in [2.45, 2.75) is 36.5 Å². The Bertz CT molecular complexity index is 460. The van der Waals surface area contributed by atoms with Gasteiger partial charge in [-0.2, -0.15) is 0 Å². The number of hydrogen-bond acceptors (Lipinski definition) is 4. The Morgan fingerprint density at radius 2 is 2.00 bits per heavy atom. The highest BCUT2D eigenvalue weighted by Gasteiger charge is 2.23. The largest absolute Gasteiger partial charge is 0.486 e. The molecule has 5 heteroatoms. The molecular weight excluding hydrogens is 262 g/mol. The summed E-state index contributed by atoms with van der Waals surface area (Å²) < 4.78 is 23.6. The van der Waals surface area contributed by atoms with Gasteiger partial charge in [0.1, 0.15) is 13.2 Å². The fraction of sp³-hybridized carbons (Fsp3) is 0.571. The standard InChI is InChI=1S/C14H21NO3S/c1-4-12(15-3)10(2)19(16)11-5-6-13-14(9-11)18-8-7-17-13/h5-6,9-10,12,15H,4,7-8H2,1-3H3. The highest BCUT2D eigenvalue weighted by atomic mass is 32.2. The Labute approximate surface area is 116 Å². The number of nitrogens with one attached hydrogen (secondary N) is 1. The van der Waals surface area contributed by atoms with Crippen molar-refractivity contribution in [2.75, 3.05) is 20.3 Å². The molecule has 1 N–H and O–H groups in total. The minimum absolute atomic E-state index is 0.0533. The zero-order valence-corrected chi connectivity index (χ0v) is 12.5. The smallest absolute Gasteiger partial charge is 0.162 e. The van der Waals surface area contributed by atoms with E-state index < -0.39 is 10.8 Å². The molecule has 2 rings (SSSR count). The molecule has 3 unspecified atom stereocenters. The molecule has 0 bridgehead atoms. The van der Waals surface area contributed by atoms with E-state index in [1.165, 1.54) is 0 Å². The van der Waals surface area contributed by atoms with Gasteiger partial charge in [0.2, 0.25) is 0 Å².